The molecule has 0 aromatic carbocycles. The van der Waals surface area contributed by atoms with Crippen LogP contribution in [0, 0.1) is 0 Å². The summed E-state index contributed by atoms with van der Waals surface area (Å²) in [5, 5.41) is 0. The van der Waals surface area contributed by atoms with Gasteiger partial charge in [0.05, 0.1) is 10.8 Å². The molecular weight excluding hydrogens is 173 g/mol. The van der Waals surface area contributed by atoms with Crippen LogP contribution in [0.4, 0.5) is 4.39 Å². The zero-order valence-electron chi connectivity index (χ0n) is 3.87. The van der Waals surface area contributed by atoms with Gasteiger partial charge in [-0.3, -0.25) is 0 Å². The monoisotopic (exact) mass is 176 g/mol. The molecule has 0 aliphatic heterocycles. The van der Waals surface area contributed by atoms with Crippen molar-refractivity contribution in [3.63, 3.8) is 0 Å². The molecule has 0 atom stereocenters. The smallest absolute Gasteiger partial charge is 0.0992 e. The highest BCUT2D eigenvalue weighted by molar-refractivity contribution is 6.55. The summed E-state index contributed by atoms with van der Waals surface area (Å²) in [6.45, 7) is 3.09. The Labute approximate surface area is 62.5 Å². The minimum absolute atomic E-state index is 0.111. The van der Waals surface area contributed by atoms with Crippen LogP contribution in [0.2, 0.25) is 0 Å². The molecule has 4 heteroatoms. The fourth-order valence-electron chi connectivity index (χ4n) is 0. The maximum absolute atomic E-state index is 10.4. The first-order valence-electron chi connectivity index (χ1n) is 1.50. The summed E-state index contributed by atoms with van der Waals surface area (Å²) in [4.78, 5) is 0. The molecule has 0 spiro atoms. The molecule has 0 bridgehead atoms. The third-order valence-corrected chi connectivity index (χ3v) is 0.143. The highest BCUT2D eigenvalue weighted by atomic mass is 35.5. The lowest BCUT2D eigenvalue weighted by molar-refractivity contribution is 0.723. The molecule has 0 saturated heterocycles. The minimum atomic E-state index is 0.111. The van der Waals surface area contributed by atoms with E-state index in [0.29, 0.717) is 0 Å². The summed E-state index contributed by atoms with van der Waals surface area (Å²) >= 11 is 14.3. The topological polar surface area (TPSA) is 0 Å². The first kappa shape index (κ1) is 11.1. The molecule has 0 amide bonds. The fourth-order valence-corrected chi connectivity index (χ4v) is 0. The second kappa shape index (κ2) is 10.3. The lowest BCUT2D eigenvalue weighted by Gasteiger charge is -1.57. The van der Waals surface area contributed by atoms with Gasteiger partial charge in [0.1, 0.15) is 0 Å². The van der Waals surface area contributed by atoms with Crippen molar-refractivity contribution < 1.29 is 4.39 Å². The Morgan fingerprint density at radius 1 is 1.50 bits per heavy atom. The van der Waals surface area contributed by atoms with E-state index in [0.717, 1.165) is 5.54 Å². The van der Waals surface area contributed by atoms with Crippen molar-refractivity contribution in [2.45, 2.75) is 0 Å². The van der Waals surface area contributed by atoms with Crippen LogP contribution in [-0.4, -0.2) is 0 Å². The van der Waals surface area contributed by atoms with E-state index in [1.165, 1.54) is 0 Å². The Kier molecular flexibility index (Phi) is 14.3. The van der Waals surface area contributed by atoms with Crippen LogP contribution in [0.5, 0.6) is 0 Å². The highest BCUT2D eigenvalue weighted by Crippen LogP contribution is 1.98. The Morgan fingerprint density at radius 2 is 1.62 bits per heavy atom. The summed E-state index contributed by atoms with van der Waals surface area (Å²) in [5.74, 6) is 0. The molecule has 48 valence electrons. The molecule has 0 unspecified atom stereocenters. The van der Waals surface area contributed by atoms with Crippen LogP contribution in [-0.2, 0) is 0 Å². The van der Waals surface area contributed by atoms with Crippen molar-refractivity contribution in [1.82, 2.24) is 0 Å². The van der Waals surface area contributed by atoms with Gasteiger partial charge in [0.25, 0.3) is 0 Å². The van der Waals surface area contributed by atoms with Gasteiger partial charge >= 0.3 is 0 Å². The van der Waals surface area contributed by atoms with Crippen molar-refractivity contribution in [2.75, 3.05) is 0 Å². The van der Waals surface area contributed by atoms with Crippen LogP contribution in [0.25, 0.3) is 0 Å². The summed E-state index contributed by atoms with van der Waals surface area (Å²) < 4.78 is 10.5. The minimum Gasteiger partial charge on any atom is -0.215 e. The van der Waals surface area contributed by atoms with Crippen molar-refractivity contribution in [3.8, 4) is 0 Å². The number of halogens is 4. The van der Waals surface area contributed by atoms with E-state index in [1.807, 2.05) is 0 Å². The SMILES string of the molecule is C=C(Cl)Cl.FC=CCl. The van der Waals surface area contributed by atoms with E-state index in [1.54, 1.807) is 0 Å². The van der Waals surface area contributed by atoms with Crippen LogP contribution < -0.4 is 0 Å². The third-order valence-electron chi connectivity index (χ3n) is 0.0476. The van der Waals surface area contributed by atoms with Gasteiger partial charge in [0.2, 0.25) is 0 Å². The Bertz CT molecular complexity index is 71.4. The molecule has 0 fully saturated rings. The van der Waals surface area contributed by atoms with Crippen LogP contribution >= 0.6 is 34.8 Å². The molecule has 8 heavy (non-hydrogen) atoms. The maximum atomic E-state index is 10.4. The van der Waals surface area contributed by atoms with E-state index in [4.69, 9.17) is 23.2 Å². The molecule has 0 radical (unpaired) electrons. The van der Waals surface area contributed by atoms with Crippen LogP contribution in [0.15, 0.2) is 22.9 Å². The summed E-state index contributed by atoms with van der Waals surface area (Å²) in [5.41, 5.74) is 0.806. The largest absolute Gasteiger partial charge is 0.215 e. The van der Waals surface area contributed by atoms with Crippen molar-refractivity contribution in [1.29, 1.82) is 0 Å². The molecule has 0 aliphatic carbocycles. The van der Waals surface area contributed by atoms with Gasteiger partial charge in [-0.1, -0.05) is 41.4 Å². The predicted octanol–water partition coefficient (Wildman–Crippen LogP) is 3.60. The number of hydrogen-bond donors (Lipinski definition) is 0. The van der Waals surface area contributed by atoms with Crippen LogP contribution in [0.3, 0.4) is 0 Å². The van der Waals surface area contributed by atoms with Crippen LogP contribution in [0.1, 0.15) is 0 Å². The zero-order valence-corrected chi connectivity index (χ0v) is 6.14. The normalized spacial score (nSPS) is 8.00. The first-order valence-corrected chi connectivity index (χ1v) is 2.69. The van der Waals surface area contributed by atoms with E-state index >= 15 is 0 Å². The van der Waals surface area contributed by atoms with Gasteiger partial charge in [-0.15, -0.1) is 0 Å². The molecule has 0 heterocycles. The van der Waals surface area contributed by atoms with Gasteiger partial charge < -0.3 is 0 Å². The number of hydrogen-bond acceptors (Lipinski definition) is 0. The van der Waals surface area contributed by atoms with Gasteiger partial charge in [-0.25, -0.2) is 4.39 Å². The second-order valence-corrected chi connectivity index (χ2v) is 1.95. The first-order chi connectivity index (χ1) is 3.65. The Balaban J connectivity index is 0. The Morgan fingerprint density at radius 3 is 1.62 bits per heavy atom. The van der Waals surface area contributed by atoms with Gasteiger partial charge in [-0.05, 0) is 0 Å². The van der Waals surface area contributed by atoms with Gasteiger partial charge in [0, 0.05) is 5.54 Å². The molecule has 0 aliphatic rings. The van der Waals surface area contributed by atoms with E-state index in [9.17, 15) is 4.39 Å². The summed E-state index contributed by atoms with van der Waals surface area (Å²) in [6, 6.07) is 0. The fraction of sp³-hybridized carbons (Fsp3) is 0. The summed E-state index contributed by atoms with van der Waals surface area (Å²) in [7, 11) is 0. The molecule has 0 rings (SSSR count). The standard InChI is InChI=1S/C2H2Cl2.C2H2ClF/c1-2(3)4;3-1-2-4/h1H2;1-2H. The number of rotatable bonds is 0. The molecule has 0 aromatic heterocycles. The summed E-state index contributed by atoms with van der Waals surface area (Å²) in [6.07, 6.45) is 0.265. The quantitative estimate of drug-likeness (QED) is 0.530. The average molecular weight is 177 g/mol. The average Bonchev–Trinajstić information content (AvgIpc) is 1.65. The molecule has 0 N–H and O–H groups in total. The third kappa shape index (κ3) is 107. The Hall–Kier alpha value is 0.280. The lowest BCUT2D eigenvalue weighted by atomic mass is 11.2. The highest BCUT2D eigenvalue weighted by Gasteiger charge is 1.60. The van der Waals surface area contributed by atoms with Crippen molar-refractivity contribution >= 4 is 34.8 Å². The van der Waals surface area contributed by atoms with Crippen molar-refractivity contribution in [3.05, 3.63) is 22.9 Å². The van der Waals surface area contributed by atoms with Crippen molar-refractivity contribution in [2.24, 2.45) is 0 Å². The molecule has 0 nitrogen and oxygen atoms in total. The van der Waals surface area contributed by atoms with E-state index < -0.39 is 0 Å². The van der Waals surface area contributed by atoms with E-state index in [-0.39, 0.29) is 10.8 Å². The molecule has 0 saturated carbocycles. The predicted molar refractivity (Wildman–Crippen MR) is 36.9 cm³/mol. The second-order valence-electron chi connectivity index (χ2n) is 0.591. The maximum Gasteiger partial charge on any atom is 0.0992 e. The van der Waals surface area contributed by atoms with Gasteiger partial charge in [-0.2, -0.15) is 0 Å². The lowest BCUT2D eigenvalue weighted by Crippen LogP contribution is -1.24. The van der Waals surface area contributed by atoms with Gasteiger partial charge in [0.15, 0.2) is 0 Å². The molecular formula is C4H4Cl3F. The molecule has 0 aromatic rings. The van der Waals surface area contributed by atoms with E-state index in [2.05, 4.69) is 18.2 Å². The zero-order chi connectivity index (χ0) is 6.99.